The monoisotopic (exact) mass is 415 g/mol. The van der Waals surface area contributed by atoms with Crippen LogP contribution in [0.2, 0.25) is 5.02 Å². The maximum absolute atomic E-state index is 13.1. The van der Waals surface area contributed by atoms with Crippen LogP contribution >= 0.6 is 11.6 Å². The summed E-state index contributed by atoms with van der Waals surface area (Å²) in [6.07, 6.45) is 4.24. The van der Waals surface area contributed by atoms with Gasteiger partial charge in [-0.3, -0.25) is 4.79 Å². The topological polar surface area (TPSA) is 60.7 Å². The number of rotatable bonds is 2. The van der Waals surface area contributed by atoms with Gasteiger partial charge in [-0.15, -0.1) is 0 Å². The summed E-state index contributed by atoms with van der Waals surface area (Å²) in [7, 11) is 0. The molecule has 3 heterocycles. The second-order valence-corrected chi connectivity index (χ2v) is 8.19. The van der Waals surface area contributed by atoms with Gasteiger partial charge < -0.3 is 15.0 Å². The summed E-state index contributed by atoms with van der Waals surface area (Å²) in [5.41, 5.74) is 3.51. The molecule has 0 aliphatic carbocycles. The summed E-state index contributed by atoms with van der Waals surface area (Å²) in [5.74, 6) is -0.492. The molecule has 2 aromatic carbocycles. The number of aromatic hydroxyl groups is 1. The molecule has 0 radical (unpaired) electrons. The Morgan fingerprint density at radius 3 is 2.90 bits per heavy atom. The van der Waals surface area contributed by atoms with Crippen LogP contribution in [0.5, 0.6) is 5.75 Å². The van der Waals surface area contributed by atoms with Gasteiger partial charge in [0, 0.05) is 39.9 Å². The third kappa shape index (κ3) is 2.51. The number of carbonyl (C=O) groups excluding carboxylic acids is 1. The Morgan fingerprint density at radius 2 is 2.10 bits per heavy atom. The van der Waals surface area contributed by atoms with Gasteiger partial charge in [0.05, 0.1) is 12.1 Å². The van der Waals surface area contributed by atoms with E-state index in [1.54, 1.807) is 12.3 Å². The largest absolute Gasteiger partial charge is 0.507 e. The van der Waals surface area contributed by atoms with Gasteiger partial charge in [-0.25, -0.2) is 4.85 Å². The first-order valence-corrected chi connectivity index (χ1v) is 10.0. The van der Waals surface area contributed by atoms with Crippen LogP contribution in [0.1, 0.15) is 28.5 Å². The lowest BCUT2D eigenvalue weighted by Gasteiger charge is -2.46. The Hall–Kier alpha value is -3.49. The van der Waals surface area contributed by atoms with Gasteiger partial charge in [-0.2, -0.15) is 0 Å². The number of halogens is 1. The fourth-order valence-corrected chi connectivity index (χ4v) is 4.72. The Labute approximate surface area is 178 Å². The third-order valence-electron chi connectivity index (χ3n) is 6.15. The second kappa shape index (κ2) is 6.51. The first kappa shape index (κ1) is 18.5. The van der Waals surface area contributed by atoms with Gasteiger partial charge in [0.1, 0.15) is 11.3 Å². The molecular weight excluding hydrogens is 398 g/mol. The van der Waals surface area contributed by atoms with Crippen LogP contribution in [0.25, 0.3) is 15.7 Å². The van der Waals surface area contributed by atoms with Crippen molar-refractivity contribution in [2.75, 3.05) is 6.54 Å². The molecule has 1 aromatic heterocycles. The maximum atomic E-state index is 13.1. The lowest BCUT2D eigenvalue weighted by molar-refractivity contribution is 0.102. The maximum Gasteiger partial charge on any atom is 0.196 e. The molecule has 2 N–H and O–H groups in total. The highest BCUT2D eigenvalue weighted by atomic mass is 35.5. The number of hydrogen-bond acceptors (Lipinski definition) is 3. The highest BCUT2D eigenvalue weighted by Gasteiger charge is 2.45. The SMILES string of the molecule is [C-]#[N+]C1=CC(C(=O)c2cc(Cl)ccc2O)=CN2CCc3c([nH]c4ccccc34)C12C. The quantitative estimate of drug-likeness (QED) is 0.447. The molecule has 0 saturated carbocycles. The van der Waals surface area contributed by atoms with Crippen molar-refractivity contribution >= 4 is 28.3 Å². The molecule has 1 unspecified atom stereocenters. The number of ketones is 1. The molecular formula is C24H18ClN3O2. The van der Waals surface area contributed by atoms with E-state index in [0.717, 1.165) is 17.6 Å². The molecule has 6 heteroatoms. The van der Waals surface area contributed by atoms with Crippen LogP contribution in [-0.2, 0) is 12.0 Å². The number of benzene rings is 2. The number of hydrogen-bond donors (Lipinski definition) is 2. The van der Waals surface area contributed by atoms with Crippen molar-refractivity contribution in [3.05, 3.63) is 99.3 Å². The van der Waals surface area contributed by atoms with E-state index in [4.69, 9.17) is 18.2 Å². The fraction of sp³-hybridized carbons (Fsp3) is 0.167. The molecule has 30 heavy (non-hydrogen) atoms. The number of carbonyl (C=O) groups is 1. The molecule has 0 fully saturated rings. The minimum absolute atomic E-state index is 0.126. The van der Waals surface area contributed by atoms with E-state index >= 15 is 0 Å². The first-order valence-electron chi connectivity index (χ1n) is 9.65. The van der Waals surface area contributed by atoms with Crippen molar-refractivity contribution < 1.29 is 9.90 Å². The van der Waals surface area contributed by atoms with Crippen molar-refractivity contribution in [2.24, 2.45) is 0 Å². The lowest BCUT2D eigenvalue weighted by Crippen LogP contribution is -2.48. The summed E-state index contributed by atoms with van der Waals surface area (Å²) in [6, 6.07) is 12.5. The highest BCUT2D eigenvalue weighted by Crippen LogP contribution is 2.46. The first-order chi connectivity index (χ1) is 14.4. The number of Topliss-reactive ketones (excluding diaryl/α,β-unsaturated/α-hetero) is 1. The van der Waals surface area contributed by atoms with Gasteiger partial charge in [0.2, 0.25) is 0 Å². The zero-order chi connectivity index (χ0) is 21.0. The average molecular weight is 416 g/mol. The summed E-state index contributed by atoms with van der Waals surface area (Å²) in [5, 5.41) is 11.7. The number of phenolic OH excluding ortho intramolecular Hbond substituents is 1. The Morgan fingerprint density at radius 1 is 1.30 bits per heavy atom. The van der Waals surface area contributed by atoms with Gasteiger partial charge in [0.15, 0.2) is 11.5 Å². The molecule has 0 amide bonds. The molecule has 0 bridgehead atoms. The predicted octanol–water partition coefficient (Wildman–Crippen LogP) is 5.18. The summed E-state index contributed by atoms with van der Waals surface area (Å²) in [4.78, 5) is 22.5. The molecule has 5 rings (SSSR count). The van der Waals surface area contributed by atoms with E-state index in [9.17, 15) is 9.90 Å². The summed E-state index contributed by atoms with van der Waals surface area (Å²) >= 11 is 6.02. The summed E-state index contributed by atoms with van der Waals surface area (Å²) in [6.45, 7) is 10.5. The Kier molecular flexibility index (Phi) is 4.02. The van der Waals surface area contributed by atoms with Crippen molar-refractivity contribution in [3.63, 3.8) is 0 Å². The smallest absolute Gasteiger partial charge is 0.196 e. The number of fused-ring (bicyclic) bond motifs is 5. The van der Waals surface area contributed by atoms with Gasteiger partial charge in [0.25, 0.3) is 0 Å². The normalized spacial score (nSPS) is 20.1. The van der Waals surface area contributed by atoms with Crippen molar-refractivity contribution in [2.45, 2.75) is 18.9 Å². The van der Waals surface area contributed by atoms with E-state index in [1.165, 1.54) is 29.1 Å². The van der Waals surface area contributed by atoms with Gasteiger partial charge in [-0.05, 0) is 49.2 Å². The van der Waals surface area contributed by atoms with E-state index < -0.39 is 5.54 Å². The van der Waals surface area contributed by atoms with Crippen LogP contribution in [0.3, 0.4) is 0 Å². The lowest BCUT2D eigenvalue weighted by atomic mass is 9.81. The minimum Gasteiger partial charge on any atom is -0.507 e. The van der Waals surface area contributed by atoms with E-state index in [2.05, 4.69) is 15.9 Å². The van der Waals surface area contributed by atoms with Crippen LogP contribution in [-0.4, -0.2) is 27.3 Å². The van der Waals surface area contributed by atoms with Crippen molar-refractivity contribution in [1.82, 2.24) is 9.88 Å². The molecule has 148 valence electrons. The highest BCUT2D eigenvalue weighted by molar-refractivity contribution is 6.31. The zero-order valence-corrected chi connectivity index (χ0v) is 17.0. The van der Waals surface area contributed by atoms with E-state index in [1.807, 2.05) is 30.0 Å². The zero-order valence-electron chi connectivity index (χ0n) is 16.2. The van der Waals surface area contributed by atoms with Crippen LogP contribution < -0.4 is 0 Å². The molecule has 1 atom stereocenters. The summed E-state index contributed by atoms with van der Waals surface area (Å²) < 4.78 is 0. The third-order valence-corrected chi connectivity index (χ3v) is 6.38. The number of allylic oxidation sites excluding steroid dienone is 2. The van der Waals surface area contributed by atoms with Crippen molar-refractivity contribution in [1.29, 1.82) is 0 Å². The predicted molar refractivity (Wildman–Crippen MR) is 116 cm³/mol. The molecule has 5 nitrogen and oxygen atoms in total. The molecule has 0 spiro atoms. The molecule has 2 aliphatic rings. The number of nitrogens with one attached hydrogen (secondary N) is 1. The van der Waals surface area contributed by atoms with Crippen LogP contribution in [0.15, 0.2) is 66.0 Å². The average Bonchev–Trinajstić information content (AvgIpc) is 3.14. The number of H-pyrrole nitrogens is 1. The molecule has 3 aromatic rings. The van der Waals surface area contributed by atoms with Crippen LogP contribution in [0, 0.1) is 6.57 Å². The fourth-order valence-electron chi connectivity index (χ4n) is 4.55. The molecule has 0 saturated heterocycles. The van der Waals surface area contributed by atoms with Crippen molar-refractivity contribution in [3.8, 4) is 5.75 Å². The number of aromatic amines is 1. The van der Waals surface area contributed by atoms with Gasteiger partial charge in [-0.1, -0.05) is 29.8 Å². The second-order valence-electron chi connectivity index (χ2n) is 7.76. The number of nitrogens with zero attached hydrogens (tertiary/aromatic N) is 2. The minimum atomic E-state index is -0.686. The number of para-hydroxylation sites is 1. The number of phenols is 1. The van der Waals surface area contributed by atoms with E-state index in [-0.39, 0.29) is 17.1 Å². The number of aromatic nitrogens is 1. The van der Waals surface area contributed by atoms with Gasteiger partial charge >= 0.3 is 0 Å². The van der Waals surface area contributed by atoms with E-state index in [0.29, 0.717) is 22.8 Å². The molecule has 2 aliphatic heterocycles. The standard InChI is InChI=1S/C24H18ClN3O2/c1-24-21(26-2)11-14(22(30)18-12-15(25)7-8-20(18)29)13-28(24)10-9-17-16-5-3-4-6-19(16)27-23(17)24/h3-8,11-13,27,29H,9-10H2,1H3. The Balaban J connectivity index is 1.64. The van der Waals surface area contributed by atoms with Crippen LogP contribution in [0.4, 0.5) is 0 Å². The Bertz CT molecular complexity index is 1330.